The molecule has 1 aliphatic heterocycles. The molecule has 2 rings (SSSR count). The Kier molecular flexibility index (Phi) is 3.42. The van der Waals surface area contributed by atoms with Gasteiger partial charge in [0.15, 0.2) is 9.84 Å². The van der Waals surface area contributed by atoms with Crippen molar-refractivity contribution in [3.05, 3.63) is 18.0 Å². The third-order valence-electron chi connectivity index (χ3n) is 3.53. The van der Waals surface area contributed by atoms with Gasteiger partial charge in [-0.1, -0.05) is 0 Å². The number of aryl methyl sites for hydroxylation is 1. The van der Waals surface area contributed by atoms with Gasteiger partial charge in [-0.25, -0.2) is 8.42 Å². The Morgan fingerprint density at radius 3 is 2.68 bits per heavy atom. The number of aromatic nitrogens is 2. The second-order valence-corrected chi connectivity index (χ2v) is 8.13. The number of nitrogens with zero attached hydrogens (tertiary/aromatic N) is 3. The quantitative estimate of drug-likeness (QED) is 0.795. The van der Waals surface area contributed by atoms with Gasteiger partial charge in [0.1, 0.15) is 0 Å². The van der Waals surface area contributed by atoms with Crippen LogP contribution in [0.25, 0.3) is 0 Å². The highest BCUT2D eigenvalue weighted by Crippen LogP contribution is 2.24. The van der Waals surface area contributed by atoms with Gasteiger partial charge in [0.25, 0.3) is 5.91 Å². The normalized spacial score (nSPS) is 21.3. The summed E-state index contributed by atoms with van der Waals surface area (Å²) in [5.74, 6) is -0.129. The van der Waals surface area contributed by atoms with E-state index in [1.165, 1.54) is 6.20 Å². The van der Waals surface area contributed by atoms with E-state index in [9.17, 15) is 13.2 Å². The highest BCUT2D eigenvalue weighted by molar-refractivity contribution is 7.92. The van der Waals surface area contributed by atoms with Crippen LogP contribution in [-0.4, -0.2) is 52.6 Å². The standard InChI is InChI=1S/C12H19N3O3S/c1-4-15-8-10(7-13-15)11(16)14-5-6-19(17,18)12(2,3)9-14/h7-8H,4-6,9H2,1-3H3. The lowest BCUT2D eigenvalue weighted by Gasteiger charge is -2.37. The summed E-state index contributed by atoms with van der Waals surface area (Å²) in [4.78, 5) is 13.9. The first-order valence-electron chi connectivity index (χ1n) is 6.31. The zero-order chi connectivity index (χ0) is 14.3. The largest absolute Gasteiger partial charge is 0.336 e. The average Bonchev–Trinajstić information content (AvgIpc) is 2.80. The van der Waals surface area contributed by atoms with Crippen molar-refractivity contribution >= 4 is 15.7 Å². The van der Waals surface area contributed by atoms with Gasteiger partial charge in [0.05, 0.1) is 22.3 Å². The molecule has 0 aromatic carbocycles. The molecule has 2 heterocycles. The van der Waals surface area contributed by atoms with E-state index in [0.29, 0.717) is 12.1 Å². The van der Waals surface area contributed by atoms with E-state index in [1.807, 2.05) is 6.92 Å². The van der Waals surface area contributed by atoms with E-state index in [-0.39, 0.29) is 24.7 Å². The van der Waals surface area contributed by atoms with E-state index < -0.39 is 14.6 Å². The van der Waals surface area contributed by atoms with Crippen molar-refractivity contribution in [2.45, 2.75) is 32.1 Å². The second-order valence-electron chi connectivity index (χ2n) is 5.39. The maximum atomic E-state index is 12.3. The molecule has 6 nitrogen and oxygen atoms in total. The van der Waals surface area contributed by atoms with Crippen molar-refractivity contribution in [3.63, 3.8) is 0 Å². The molecule has 1 aromatic heterocycles. The summed E-state index contributed by atoms with van der Waals surface area (Å²) in [5.41, 5.74) is 0.511. The molecule has 0 spiro atoms. The van der Waals surface area contributed by atoms with Gasteiger partial charge in [0, 0.05) is 25.8 Å². The molecule has 1 aromatic rings. The summed E-state index contributed by atoms with van der Waals surface area (Å²) >= 11 is 0. The molecular weight excluding hydrogens is 266 g/mol. The lowest BCUT2D eigenvalue weighted by atomic mass is 10.1. The van der Waals surface area contributed by atoms with Crippen LogP contribution < -0.4 is 0 Å². The maximum Gasteiger partial charge on any atom is 0.257 e. The van der Waals surface area contributed by atoms with Crippen LogP contribution >= 0.6 is 0 Å². The predicted molar refractivity (Wildman–Crippen MR) is 71.7 cm³/mol. The first kappa shape index (κ1) is 14.0. The van der Waals surface area contributed by atoms with E-state index >= 15 is 0 Å². The molecule has 1 fully saturated rings. The first-order chi connectivity index (χ1) is 8.77. The first-order valence-corrected chi connectivity index (χ1v) is 7.96. The van der Waals surface area contributed by atoms with E-state index in [0.717, 1.165) is 0 Å². The highest BCUT2D eigenvalue weighted by Gasteiger charge is 2.41. The van der Waals surface area contributed by atoms with Gasteiger partial charge >= 0.3 is 0 Å². The number of hydrogen-bond donors (Lipinski definition) is 0. The Morgan fingerprint density at radius 2 is 2.16 bits per heavy atom. The molecule has 0 unspecified atom stereocenters. The fourth-order valence-electron chi connectivity index (χ4n) is 2.15. The minimum absolute atomic E-state index is 0.0215. The molecule has 1 saturated heterocycles. The van der Waals surface area contributed by atoms with Crippen LogP contribution in [0.2, 0.25) is 0 Å². The molecule has 1 aliphatic rings. The summed E-state index contributed by atoms with van der Waals surface area (Å²) in [6.07, 6.45) is 3.22. The molecule has 0 aliphatic carbocycles. The van der Waals surface area contributed by atoms with E-state index in [4.69, 9.17) is 0 Å². The number of amides is 1. The van der Waals surface area contributed by atoms with E-state index in [2.05, 4.69) is 5.10 Å². The van der Waals surface area contributed by atoms with E-state index in [1.54, 1.807) is 29.6 Å². The van der Waals surface area contributed by atoms with Crippen molar-refractivity contribution < 1.29 is 13.2 Å². The summed E-state index contributed by atoms with van der Waals surface area (Å²) in [6.45, 7) is 6.45. The van der Waals surface area contributed by atoms with Crippen molar-refractivity contribution in [1.29, 1.82) is 0 Å². The molecule has 19 heavy (non-hydrogen) atoms. The summed E-state index contributed by atoms with van der Waals surface area (Å²) in [7, 11) is -3.12. The lowest BCUT2D eigenvalue weighted by Crippen LogP contribution is -2.54. The van der Waals surface area contributed by atoms with Crippen LogP contribution in [0.4, 0.5) is 0 Å². The Hall–Kier alpha value is -1.37. The summed E-state index contributed by atoms with van der Waals surface area (Å²) in [6, 6.07) is 0. The van der Waals surface area contributed by atoms with Crippen LogP contribution in [0.15, 0.2) is 12.4 Å². The third kappa shape index (κ3) is 2.51. The van der Waals surface area contributed by atoms with Crippen LogP contribution in [0.5, 0.6) is 0 Å². The van der Waals surface area contributed by atoms with Gasteiger partial charge < -0.3 is 4.90 Å². The second kappa shape index (κ2) is 4.63. The van der Waals surface area contributed by atoms with Crippen LogP contribution in [0, 0.1) is 0 Å². The van der Waals surface area contributed by atoms with Crippen LogP contribution in [0.1, 0.15) is 31.1 Å². The molecule has 106 valence electrons. The van der Waals surface area contributed by atoms with Crippen LogP contribution in [0.3, 0.4) is 0 Å². The Morgan fingerprint density at radius 1 is 1.47 bits per heavy atom. The fraction of sp³-hybridized carbons (Fsp3) is 0.667. The number of carbonyl (C=O) groups is 1. The number of sulfone groups is 1. The lowest BCUT2D eigenvalue weighted by molar-refractivity contribution is 0.0743. The molecule has 1 amide bonds. The van der Waals surface area contributed by atoms with Gasteiger partial charge in [0.2, 0.25) is 0 Å². The molecular formula is C12H19N3O3S. The van der Waals surface area contributed by atoms with Crippen LogP contribution in [-0.2, 0) is 16.4 Å². The minimum Gasteiger partial charge on any atom is -0.336 e. The smallest absolute Gasteiger partial charge is 0.257 e. The Labute approximate surface area is 113 Å². The summed E-state index contributed by atoms with van der Waals surface area (Å²) in [5, 5.41) is 4.07. The Bertz CT molecular complexity index is 589. The molecule has 0 radical (unpaired) electrons. The fourth-order valence-corrected chi connectivity index (χ4v) is 3.51. The molecule has 0 bridgehead atoms. The van der Waals surface area contributed by atoms with Crippen molar-refractivity contribution in [3.8, 4) is 0 Å². The maximum absolute atomic E-state index is 12.3. The van der Waals surface area contributed by atoms with Gasteiger partial charge in [-0.3, -0.25) is 9.48 Å². The van der Waals surface area contributed by atoms with Gasteiger partial charge in [-0.2, -0.15) is 5.10 Å². The van der Waals surface area contributed by atoms with Gasteiger partial charge in [-0.15, -0.1) is 0 Å². The van der Waals surface area contributed by atoms with Gasteiger partial charge in [-0.05, 0) is 20.8 Å². The summed E-state index contributed by atoms with van der Waals surface area (Å²) < 4.78 is 24.6. The molecule has 7 heteroatoms. The predicted octanol–water partition coefficient (Wildman–Crippen LogP) is 0.552. The molecule has 0 N–H and O–H groups in total. The molecule has 0 saturated carbocycles. The number of rotatable bonds is 2. The highest BCUT2D eigenvalue weighted by atomic mass is 32.2. The van der Waals surface area contributed by atoms with Crippen molar-refractivity contribution in [2.75, 3.05) is 18.8 Å². The number of hydrogen-bond acceptors (Lipinski definition) is 4. The van der Waals surface area contributed by atoms with Crippen molar-refractivity contribution in [1.82, 2.24) is 14.7 Å². The Balaban J connectivity index is 2.18. The third-order valence-corrected chi connectivity index (χ3v) is 6.07. The number of carbonyl (C=O) groups excluding carboxylic acids is 1. The minimum atomic E-state index is -3.12. The zero-order valence-electron chi connectivity index (χ0n) is 11.5. The zero-order valence-corrected chi connectivity index (χ0v) is 12.3. The topological polar surface area (TPSA) is 72.3 Å². The monoisotopic (exact) mass is 285 g/mol. The SMILES string of the molecule is CCn1cc(C(=O)N2CCS(=O)(=O)C(C)(C)C2)cn1. The van der Waals surface area contributed by atoms with Crippen molar-refractivity contribution in [2.24, 2.45) is 0 Å². The average molecular weight is 285 g/mol. The molecule has 0 atom stereocenters.